The number of aliphatic carboxylic acids is 1. The molecule has 48 valence electrons. The van der Waals surface area contributed by atoms with Gasteiger partial charge in [0.05, 0.1) is 6.07 Å². The van der Waals surface area contributed by atoms with Gasteiger partial charge < -0.3 is 5.11 Å². The van der Waals surface area contributed by atoms with Crippen LogP contribution in [0.25, 0.3) is 0 Å². The lowest BCUT2D eigenvalue weighted by atomic mass is 10.2. The minimum Gasteiger partial charge on any atom is -0.478 e. The molecule has 0 aliphatic rings. The molecule has 0 unspecified atom stereocenters. The number of carboxylic acids is 1. The van der Waals surface area contributed by atoms with Crippen LogP contribution in [-0.2, 0) is 4.79 Å². The lowest BCUT2D eigenvalue weighted by Crippen LogP contribution is -1.97. The van der Waals surface area contributed by atoms with Crippen molar-refractivity contribution in [2.75, 3.05) is 0 Å². The van der Waals surface area contributed by atoms with Crippen LogP contribution in [0.5, 0.6) is 0 Å². The van der Waals surface area contributed by atoms with Crippen molar-refractivity contribution in [1.29, 1.82) is 5.26 Å². The van der Waals surface area contributed by atoms with Crippen molar-refractivity contribution in [3.05, 3.63) is 11.1 Å². The molecular weight excluding hydrogens is 118 g/mol. The molecule has 9 heavy (non-hydrogen) atoms. The Morgan fingerprint density at radius 2 is 2.00 bits per heavy atom. The van der Waals surface area contributed by atoms with Crippen molar-refractivity contribution >= 4 is 5.97 Å². The van der Waals surface area contributed by atoms with Crippen LogP contribution >= 0.6 is 0 Å². The fourth-order valence-electron chi connectivity index (χ4n) is 0.244. The van der Waals surface area contributed by atoms with Gasteiger partial charge in [0, 0.05) is 11.1 Å². The van der Waals surface area contributed by atoms with Crippen LogP contribution < -0.4 is 0 Å². The SMILES string of the molecule is C/C(C#N)=C(/C)C(=O)O. The van der Waals surface area contributed by atoms with E-state index in [9.17, 15) is 4.79 Å². The summed E-state index contributed by atoms with van der Waals surface area (Å²) in [6, 6.07) is 1.74. The molecular formula is C6H7NO2. The number of carbonyl (C=O) groups is 1. The molecule has 3 nitrogen and oxygen atoms in total. The second-order valence-corrected chi connectivity index (χ2v) is 1.67. The first-order valence-corrected chi connectivity index (χ1v) is 2.40. The normalized spacial score (nSPS) is 11.7. The predicted octanol–water partition coefficient (Wildman–Crippen LogP) is 0.931. The van der Waals surface area contributed by atoms with Crippen molar-refractivity contribution < 1.29 is 9.90 Å². The summed E-state index contributed by atoms with van der Waals surface area (Å²) in [4.78, 5) is 10.1. The van der Waals surface area contributed by atoms with Gasteiger partial charge in [-0.3, -0.25) is 0 Å². The summed E-state index contributed by atoms with van der Waals surface area (Å²) in [5, 5.41) is 16.5. The number of nitrogens with zero attached hydrogens (tertiary/aromatic N) is 1. The van der Waals surface area contributed by atoms with E-state index in [-0.39, 0.29) is 11.1 Å². The van der Waals surface area contributed by atoms with E-state index in [1.165, 1.54) is 13.8 Å². The molecule has 0 saturated heterocycles. The average Bonchev–Trinajstić information content (AvgIpc) is 1.84. The molecule has 0 aromatic heterocycles. The van der Waals surface area contributed by atoms with E-state index < -0.39 is 5.97 Å². The highest BCUT2D eigenvalue weighted by atomic mass is 16.4. The van der Waals surface area contributed by atoms with Gasteiger partial charge >= 0.3 is 5.97 Å². The minimum absolute atomic E-state index is 0.109. The maximum Gasteiger partial charge on any atom is 0.332 e. The van der Waals surface area contributed by atoms with Crippen molar-refractivity contribution in [2.45, 2.75) is 13.8 Å². The van der Waals surface area contributed by atoms with E-state index in [1.807, 2.05) is 0 Å². The largest absolute Gasteiger partial charge is 0.478 e. The minimum atomic E-state index is -1.03. The first-order chi connectivity index (χ1) is 4.09. The molecule has 0 spiro atoms. The molecule has 0 radical (unpaired) electrons. The fraction of sp³-hybridized carbons (Fsp3) is 0.333. The predicted molar refractivity (Wildman–Crippen MR) is 31.6 cm³/mol. The highest BCUT2D eigenvalue weighted by molar-refractivity contribution is 5.87. The van der Waals surface area contributed by atoms with E-state index >= 15 is 0 Å². The Hall–Kier alpha value is -1.30. The quantitative estimate of drug-likeness (QED) is 0.419. The van der Waals surface area contributed by atoms with Crippen LogP contribution in [0.1, 0.15) is 13.8 Å². The van der Waals surface area contributed by atoms with Crippen LogP contribution in [0.3, 0.4) is 0 Å². The lowest BCUT2D eigenvalue weighted by Gasteiger charge is -1.90. The molecule has 0 aliphatic carbocycles. The molecule has 0 aromatic rings. The van der Waals surface area contributed by atoms with E-state index in [4.69, 9.17) is 10.4 Å². The second-order valence-electron chi connectivity index (χ2n) is 1.67. The van der Waals surface area contributed by atoms with Gasteiger partial charge in [-0.05, 0) is 13.8 Å². The molecule has 0 amide bonds. The smallest absolute Gasteiger partial charge is 0.332 e. The Morgan fingerprint density at radius 1 is 1.56 bits per heavy atom. The Bertz CT molecular complexity index is 198. The zero-order chi connectivity index (χ0) is 7.44. The summed E-state index contributed by atoms with van der Waals surface area (Å²) in [6.45, 7) is 2.88. The molecule has 0 aromatic carbocycles. The number of hydrogen-bond donors (Lipinski definition) is 1. The Balaban J connectivity index is 4.54. The van der Waals surface area contributed by atoms with Crippen molar-refractivity contribution in [1.82, 2.24) is 0 Å². The number of hydrogen-bond acceptors (Lipinski definition) is 2. The Kier molecular flexibility index (Phi) is 2.46. The molecule has 0 rings (SSSR count). The van der Waals surface area contributed by atoms with Crippen LogP contribution in [0.2, 0.25) is 0 Å². The summed E-state index contributed by atoms with van der Waals surface area (Å²) in [5.41, 5.74) is 0.361. The van der Waals surface area contributed by atoms with Gasteiger partial charge in [0.2, 0.25) is 0 Å². The molecule has 3 heteroatoms. The Labute approximate surface area is 53.2 Å². The molecule has 0 fully saturated rings. The van der Waals surface area contributed by atoms with Crippen LogP contribution in [0.15, 0.2) is 11.1 Å². The van der Waals surface area contributed by atoms with Gasteiger partial charge in [-0.2, -0.15) is 5.26 Å². The Morgan fingerprint density at radius 3 is 2.11 bits per heavy atom. The zero-order valence-corrected chi connectivity index (χ0v) is 5.30. The molecule has 0 atom stereocenters. The highest BCUT2D eigenvalue weighted by Gasteiger charge is 2.02. The zero-order valence-electron chi connectivity index (χ0n) is 5.30. The summed E-state index contributed by atoms with van der Waals surface area (Å²) in [5.74, 6) is -1.03. The summed E-state index contributed by atoms with van der Waals surface area (Å²) in [6.07, 6.45) is 0. The second kappa shape index (κ2) is 2.88. The summed E-state index contributed by atoms with van der Waals surface area (Å²) < 4.78 is 0. The first kappa shape index (κ1) is 7.70. The van der Waals surface area contributed by atoms with Crippen LogP contribution in [-0.4, -0.2) is 11.1 Å². The fourth-order valence-corrected chi connectivity index (χ4v) is 0.244. The third-order valence-electron chi connectivity index (χ3n) is 1.05. The number of rotatable bonds is 1. The lowest BCUT2D eigenvalue weighted by molar-refractivity contribution is -0.132. The van der Waals surface area contributed by atoms with Gasteiger partial charge in [0.25, 0.3) is 0 Å². The molecule has 0 aliphatic heterocycles. The summed E-state index contributed by atoms with van der Waals surface area (Å²) in [7, 11) is 0. The number of allylic oxidation sites excluding steroid dienone is 1. The maximum absolute atomic E-state index is 10.1. The van der Waals surface area contributed by atoms with Crippen molar-refractivity contribution in [2.24, 2.45) is 0 Å². The van der Waals surface area contributed by atoms with Gasteiger partial charge in [-0.25, -0.2) is 4.79 Å². The van der Waals surface area contributed by atoms with Gasteiger partial charge in [0.15, 0.2) is 0 Å². The molecule has 0 bridgehead atoms. The standard InChI is InChI=1S/C6H7NO2/c1-4(3-7)5(2)6(8)9/h1-2H3,(H,8,9)/b5-4+. The van der Waals surface area contributed by atoms with E-state index in [1.54, 1.807) is 6.07 Å². The topological polar surface area (TPSA) is 61.1 Å². The van der Waals surface area contributed by atoms with Gasteiger partial charge in [-0.15, -0.1) is 0 Å². The monoisotopic (exact) mass is 125 g/mol. The first-order valence-electron chi connectivity index (χ1n) is 2.40. The van der Waals surface area contributed by atoms with Crippen molar-refractivity contribution in [3.8, 4) is 6.07 Å². The molecule has 0 saturated carbocycles. The van der Waals surface area contributed by atoms with Crippen LogP contribution in [0.4, 0.5) is 0 Å². The number of carboxylic acid groups (broad SMARTS) is 1. The third kappa shape index (κ3) is 1.96. The van der Waals surface area contributed by atoms with E-state index in [0.29, 0.717) is 0 Å². The molecule has 1 N–H and O–H groups in total. The maximum atomic E-state index is 10.1. The van der Waals surface area contributed by atoms with Gasteiger partial charge in [0.1, 0.15) is 0 Å². The van der Waals surface area contributed by atoms with Gasteiger partial charge in [-0.1, -0.05) is 0 Å². The molecule has 0 heterocycles. The van der Waals surface area contributed by atoms with E-state index in [0.717, 1.165) is 0 Å². The summed E-state index contributed by atoms with van der Waals surface area (Å²) >= 11 is 0. The van der Waals surface area contributed by atoms with Crippen LogP contribution in [0, 0.1) is 11.3 Å². The average molecular weight is 125 g/mol. The van der Waals surface area contributed by atoms with E-state index in [2.05, 4.69) is 0 Å². The van der Waals surface area contributed by atoms with Crippen molar-refractivity contribution in [3.63, 3.8) is 0 Å². The number of nitriles is 1. The highest BCUT2D eigenvalue weighted by Crippen LogP contribution is 2.00. The third-order valence-corrected chi connectivity index (χ3v) is 1.05.